The van der Waals surface area contributed by atoms with Gasteiger partial charge in [-0.25, -0.2) is 9.97 Å². The summed E-state index contributed by atoms with van der Waals surface area (Å²) < 4.78 is 0.975. The molecule has 4 rings (SSSR count). The molecule has 5 nitrogen and oxygen atoms in total. The van der Waals surface area contributed by atoms with Gasteiger partial charge in [0.15, 0.2) is 5.82 Å². The number of carboxylic acids is 1. The highest BCUT2D eigenvalue weighted by Gasteiger charge is 2.19. The number of rotatable bonds is 8. The minimum absolute atomic E-state index is 0.0925. The maximum Gasteiger partial charge on any atom is 0.305 e. The lowest BCUT2D eigenvalue weighted by Crippen LogP contribution is -2.30. The van der Waals surface area contributed by atoms with Crippen LogP contribution in [0, 0.1) is 5.92 Å². The third kappa shape index (κ3) is 5.62. The van der Waals surface area contributed by atoms with Gasteiger partial charge in [0.1, 0.15) is 5.82 Å². The van der Waals surface area contributed by atoms with Crippen LogP contribution in [0.4, 0.5) is 5.82 Å². The Morgan fingerprint density at radius 3 is 2.61 bits per heavy atom. The Hall–Kier alpha value is -2.47. The Bertz CT molecular complexity index is 1050. The van der Waals surface area contributed by atoms with Crippen molar-refractivity contribution in [3.05, 3.63) is 53.0 Å². The van der Waals surface area contributed by atoms with Gasteiger partial charge in [-0.15, -0.1) is 0 Å². The van der Waals surface area contributed by atoms with E-state index in [1.807, 2.05) is 48.5 Å². The van der Waals surface area contributed by atoms with Crippen molar-refractivity contribution >= 4 is 38.6 Å². The van der Waals surface area contributed by atoms with Crippen LogP contribution in [0.15, 0.2) is 53.0 Å². The van der Waals surface area contributed by atoms with Gasteiger partial charge in [0.25, 0.3) is 0 Å². The van der Waals surface area contributed by atoms with E-state index in [1.165, 1.54) is 32.1 Å². The second-order valence-corrected chi connectivity index (χ2v) is 9.24. The van der Waals surface area contributed by atoms with Crippen molar-refractivity contribution in [2.75, 3.05) is 18.0 Å². The number of carboxylic acid groups (broad SMARTS) is 1. The van der Waals surface area contributed by atoms with E-state index in [4.69, 9.17) is 9.97 Å². The molecule has 1 heterocycles. The number of para-hydroxylation sites is 1. The van der Waals surface area contributed by atoms with Crippen LogP contribution in [-0.2, 0) is 4.79 Å². The molecule has 0 saturated heterocycles. The molecule has 1 fully saturated rings. The van der Waals surface area contributed by atoms with E-state index in [0.29, 0.717) is 12.4 Å². The number of hydrogen-bond acceptors (Lipinski definition) is 4. The molecule has 1 aromatic heterocycles. The first-order valence-corrected chi connectivity index (χ1v) is 11.9. The van der Waals surface area contributed by atoms with Crippen LogP contribution in [0.3, 0.4) is 0 Å². The van der Waals surface area contributed by atoms with E-state index < -0.39 is 5.97 Å². The van der Waals surface area contributed by atoms with Gasteiger partial charge in [0.2, 0.25) is 0 Å². The van der Waals surface area contributed by atoms with E-state index in [1.54, 1.807) is 0 Å². The molecular formula is C25H28BrN3O2. The molecule has 0 spiro atoms. The van der Waals surface area contributed by atoms with Crippen molar-refractivity contribution in [2.45, 2.75) is 44.9 Å². The molecule has 1 saturated carbocycles. The standard InChI is InChI=1S/C25H28BrN3O2/c26-20-10-6-9-19(17-20)24-27-22-12-5-4-11-21(22)25(28-24)29(16-14-23(30)31)15-13-18-7-2-1-3-8-18/h4-6,9-12,17-18H,1-3,7-8,13-16H2,(H,30,31). The van der Waals surface area contributed by atoms with Crippen molar-refractivity contribution < 1.29 is 9.90 Å². The Morgan fingerprint density at radius 2 is 1.84 bits per heavy atom. The van der Waals surface area contributed by atoms with Gasteiger partial charge in [-0.2, -0.15) is 0 Å². The summed E-state index contributed by atoms with van der Waals surface area (Å²) in [5, 5.41) is 10.3. The van der Waals surface area contributed by atoms with Crippen LogP contribution < -0.4 is 4.90 Å². The highest BCUT2D eigenvalue weighted by atomic mass is 79.9. The molecule has 31 heavy (non-hydrogen) atoms. The van der Waals surface area contributed by atoms with Crippen LogP contribution in [0.5, 0.6) is 0 Å². The minimum Gasteiger partial charge on any atom is -0.481 e. The molecule has 2 aromatic carbocycles. The molecule has 0 bridgehead atoms. The minimum atomic E-state index is -0.784. The van der Waals surface area contributed by atoms with Gasteiger partial charge >= 0.3 is 5.97 Å². The molecule has 0 atom stereocenters. The summed E-state index contributed by atoms with van der Waals surface area (Å²) in [6, 6.07) is 16.0. The average Bonchev–Trinajstić information content (AvgIpc) is 2.79. The van der Waals surface area contributed by atoms with Crippen molar-refractivity contribution in [2.24, 2.45) is 5.92 Å². The lowest BCUT2D eigenvalue weighted by Gasteiger charge is -2.28. The quantitative estimate of drug-likeness (QED) is 0.408. The van der Waals surface area contributed by atoms with Crippen molar-refractivity contribution in [1.29, 1.82) is 0 Å². The number of halogens is 1. The zero-order chi connectivity index (χ0) is 21.6. The van der Waals surface area contributed by atoms with Gasteiger partial charge in [0.05, 0.1) is 11.9 Å². The molecule has 6 heteroatoms. The Balaban J connectivity index is 1.71. The molecule has 1 N–H and O–H groups in total. The summed E-state index contributed by atoms with van der Waals surface area (Å²) in [7, 11) is 0. The number of aromatic nitrogens is 2. The van der Waals surface area contributed by atoms with Crippen molar-refractivity contribution in [3.8, 4) is 11.4 Å². The van der Waals surface area contributed by atoms with Crippen LogP contribution in [0.25, 0.3) is 22.3 Å². The molecule has 0 unspecified atom stereocenters. The monoisotopic (exact) mass is 481 g/mol. The number of carbonyl (C=O) groups is 1. The number of anilines is 1. The van der Waals surface area contributed by atoms with E-state index in [-0.39, 0.29) is 6.42 Å². The third-order valence-corrected chi connectivity index (χ3v) is 6.59. The average molecular weight is 482 g/mol. The smallest absolute Gasteiger partial charge is 0.305 e. The second kappa shape index (κ2) is 10.2. The SMILES string of the molecule is O=C(O)CCN(CCC1CCCCC1)c1nc(-c2cccc(Br)c2)nc2ccccc12. The van der Waals surface area contributed by atoms with E-state index >= 15 is 0 Å². The molecular weight excluding hydrogens is 454 g/mol. The zero-order valence-corrected chi connectivity index (χ0v) is 19.2. The third-order valence-electron chi connectivity index (χ3n) is 6.09. The number of benzene rings is 2. The van der Waals surface area contributed by atoms with Crippen LogP contribution in [0.2, 0.25) is 0 Å². The first kappa shape index (κ1) is 21.8. The Morgan fingerprint density at radius 1 is 1.03 bits per heavy atom. The van der Waals surface area contributed by atoms with Crippen molar-refractivity contribution in [3.63, 3.8) is 0 Å². The Labute approximate surface area is 191 Å². The molecule has 1 aliphatic rings. The van der Waals surface area contributed by atoms with Gasteiger partial charge in [-0.3, -0.25) is 4.79 Å². The summed E-state index contributed by atoms with van der Waals surface area (Å²) in [4.78, 5) is 23.3. The fraction of sp³-hybridized carbons (Fsp3) is 0.400. The topological polar surface area (TPSA) is 66.3 Å². The molecule has 162 valence electrons. The fourth-order valence-electron chi connectivity index (χ4n) is 4.43. The van der Waals surface area contributed by atoms with E-state index in [2.05, 4.69) is 20.8 Å². The highest BCUT2D eigenvalue weighted by molar-refractivity contribution is 9.10. The van der Waals surface area contributed by atoms with Gasteiger partial charge in [-0.05, 0) is 36.6 Å². The van der Waals surface area contributed by atoms with E-state index in [0.717, 1.165) is 45.6 Å². The first-order valence-electron chi connectivity index (χ1n) is 11.1. The predicted octanol–water partition coefficient (Wildman–Crippen LogP) is 6.31. The summed E-state index contributed by atoms with van der Waals surface area (Å²) in [6.45, 7) is 1.26. The number of fused-ring (bicyclic) bond motifs is 1. The number of hydrogen-bond donors (Lipinski definition) is 1. The maximum atomic E-state index is 11.4. The summed E-state index contributed by atoms with van der Waals surface area (Å²) in [5.41, 5.74) is 1.81. The van der Waals surface area contributed by atoms with Gasteiger partial charge in [0, 0.05) is 28.5 Å². The molecule has 0 radical (unpaired) electrons. The molecule has 0 aliphatic heterocycles. The number of aliphatic carboxylic acids is 1. The summed E-state index contributed by atoms with van der Waals surface area (Å²) in [6.07, 6.45) is 7.68. The van der Waals surface area contributed by atoms with Crippen LogP contribution in [-0.4, -0.2) is 34.1 Å². The predicted molar refractivity (Wildman–Crippen MR) is 128 cm³/mol. The van der Waals surface area contributed by atoms with Crippen molar-refractivity contribution in [1.82, 2.24) is 9.97 Å². The molecule has 1 aliphatic carbocycles. The van der Waals surface area contributed by atoms with E-state index in [9.17, 15) is 9.90 Å². The molecule has 0 amide bonds. The first-order chi connectivity index (χ1) is 15.1. The lowest BCUT2D eigenvalue weighted by atomic mass is 9.87. The molecule has 3 aromatic rings. The zero-order valence-electron chi connectivity index (χ0n) is 17.6. The second-order valence-electron chi connectivity index (χ2n) is 8.32. The number of nitrogens with zero attached hydrogens (tertiary/aromatic N) is 3. The normalized spacial score (nSPS) is 14.6. The Kier molecular flexibility index (Phi) is 7.17. The van der Waals surface area contributed by atoms with Gasteiger partial charge in [-0.1, -0.05) is 72.3 Å². The lowest BCUT2D eigenvalue weighted by molar-refractivity contribution is -0.136. The fourth-order valence-corrected chi connectivity index (χ4v) is 4.83. The van der Waals surface area contributed by atoms with Crippen LogP contribution >= 0.6 is 15.9 Å². The summed E-state index contributed by atoms with van der Waals surface area (Å²) >= 11 is 3.54. The largest absolute Gasteiger partial charge is 0.481 e. The van der Waals surface area contributed by atoms with Gasteiger partial charge < -0.3 is 10.0 Å². The summed E-state index contributed by atoms with van der Waals surface area (Å²) in [5.74, 6) is 1.43. The highest BCUT2D eigenvalue weighted by Crippen LogP contribution is 2.31. The van der Waals surface area contributed by atoms with Crippen LogP contribution in [0.1, 0.15) is 44.9 Å². The maximum absolute atomic E-state index is 11.4.